The maximum absolute atomic E-state index is 5.78. The van der Waals surface area contributed by atoms with Gasteiger partial charge in [0.1, 0.15) is 0 Å². The molecule has 1 aromatic carbocycles. The van der Waals surface area contributed by atoms with Crippen LogP contribution in [0.4, 0.5) is 0 Å². The molecule has 1 atom stereocenters. The molecule has 0 saturated carbocycles. The zero-order valence-electron chi connectivity index (χ0n) is 15.3. The number of aromatic nitrogens is 1. The maximum atomic E-state index is 5.78. The van der Waals surface area contributed by atoms with E-state index in [2.05, 4.69) is 46.6 Å². The van der Waals surface area contributed by atoms with Crippen molar-refractivity contribution in [3.63, 3.8) is 0 Å². The number of aliphatic imine (C=N–C) groups is 1. The molecule has 0 saturated heterocycles. The molecular formula is C20H28N4O. The van der Waals surface area contributed by atoms with Gasteiger partial charge in [0, 0.05) is 25.4 Å². The van der Waals surface area contributed by atoms with Crippen molar-refractivity contribution in [2.45, 2.75) is 39.3 Å². The number of nitrogens with zero attached hydrogens (tertiary/aromatic N) is 2. The molecular weight excluding hydrogens is 312 g/mol. The van der Waals surface area contributed by atoms with Crippen LogP contribution in [0.1, 0.15) is 43.9 Å². The lowest BCUT2D eigenvalue weighted by atomic mass is 10.1. The third-order valence-electron chi connectivity index (χ3n) is 3.91. The van der Waals surface area contributed by atoms with Crippen molar-refractivity contribution in [2.75, 3.05) is 13.7 Å². The number of guanidine groups is 1. The summed E-state index contributed by atoms with van der Waals surface area (Å²) in [5.74, 6) is 1.44. The van der Waals surface area contributed by atoms with Gasteiger partial charge in [-0.2, -0.15) is 0 Å². The molecule has 0 fully saturated rings. The fourth-order valence-electron chi connectivity index (χ4n) is 2.41. The predicted molar refractivity (Wildman–Crippen MR) is 103 cm³/mol. The van der Waals surface area contributed by atoms with Gasteiger partial charge in [-0.1, -0.05) is 49.7 Å². The Labute approximate surface area is 150 Å². The zero-order valence-corrected chi connectivity index (χ0v) is 15.3. The summed E-state index contributed by atoms with van der Waals surface area (Å²) in [6, 6.07) is 14.4. The molecule has 2 rings (SSSR count). The molecule has 0 aliphatic heterocycles. The third-order valence-corrected chi connectivity index (χ3v) is 3.91. The number of hydrogen-bond acceptors (Lipinski definition) is 3. The maximum Gasteiger partial charge on any atom is 0.218 e. The lowest BCUT2D eigenvalue weighted by Crippen LogP contribution is -2.38. The smallest absolute Gasteiger partial charge is 0.218 e. The topological polar surface area (TPSA) is 58.5 Å². The van der Waals surface area contributed by atoms with Crippen molar-refractivity contribution in [1.29, 1.82) is 0 Å². The van der Waals surface area contributed by atoms with Crippen LogP contribution in [0.3, 0.4) is 0 Å². The molecule has 1 aromatic heterocycles. The summed E-state index contributed by atoms with van der Waals surface area (Å²) in [5.41, 5.74) is 2.24. The number of nitrogens with one attached hydrogen (secondary N) is 2. The first kappa shape index (κ1) is 18.8. The van der Waals surface area contributed by atoms with E-state index in [1.807, 2.05) is 30.3 Å². The van der Waals surface area contributed by atoms with E-state index in [1.54, 1.807) is 13.2 Å². The van der Waals surface area contributed by atoms with Gasteiger partial charge in [0.25, 0.3) is 0 Å². The minimum Gasteiger partial charge on any atom is -0.477 e. The van der Waals surface area contributed by atoms with Crippen LogP contribution in [0.25, 0.3) is 0 Å². The van der Waals surface area contributed by atoms with Gasteiger partial charge < -0.3 is 15.4 Å². The molecule has 0 bridgehead atoms. The van der Waals surface area contributed by atoms with E-state index >= 15 is 0 Å². The Balaban J connectivity index is 1.92. The Morgan fingerprint density at radius 2 is 2.00 bits per heavy atom. The van der Waals surface area contributed by atoms with Gasteiger partial charge >= 0.3 is 0 Å². The van der Waals surface area contributed by atoms with E-state index in [0.29, 0.717) is 19.0 Å². The fraction of sp³-hybridized carbons (Fsp3) is 0.400. The van der Waals surface area contributed by atoms with Gasteiger partial charge in [0.15, 0.2) is 5.96 Å². The Hall–Kier alpha value is -2.56. The van der Waals surface area contributed by atoms with Crippen molar-refractivity contribution >= 4 is 5.96 Å². The summed E-state index contributed by atoms with van der Waals surface area (Å²) in [7, 11) is 1.77. The molecule has 2 N–H and O–H groups in total. The van der Waals surface area contributed by atoms with Crippen LogP contribution in [0.2, 0.25) is 0 Å². The lowest BCUT2D eigenvalue weighted by Gasteiger charge is -2.19. The predicted octanol–water partition coefficient (Wildman–Crippen LogP) is 3.69. The second kappa shape index (κ2) is 10.3. The minimum atomic E-state index is 0.168. The fourth-order valence-corrected chi connectivity index (χ4v) is 2.41. The van der Waals surface area contributed by atoms with Crippen LogP contribution in [-0.2, 0) is 6.54 Å². The lowest BCUT2D eigenvalue weighted by molar-refractivity contribution is 0.294. The highest BCUT2D eigenvalue weighted by atomic mass is 16.5. The first-order valence-corrected chi connectivity index (χ1v) is 8.83. The Morgan fingerprint density at radius 1 is 1.20 bits per heavy atom. The molecule has 1 unspecified atom stereocenters. The van der Waals surface area contributed by atoms with Crippen LogP contribution in [-0.4, -0.2) is 24.6 Å². The molecule has 0 spiro atoms. The number of ether oxygens (including phenoxy) is 1. The molecule has 5 heteroatoms. The van der Waals surface area contributed by atoms with Gasteiger partial charge in [-0.3, -0.25) is 4.99 Å². The van der Waals surface area contributed by atoms with E-state index < -0.39 is 0 Å². The van der Waals surface area contributed by atoms with Crippen LogP contribution in [0.5, 0.6) is 5.88 Å². The summed E-state index contributed by atoms with van der Waals surface area (Å²) in [4.78, 5) is 8.65. The minimum absolute atomic E-state index is 0.168. The average molecular weight is 340 g/mol. The summed E-state index contributed by atoms with van der Waals surface area (Å²) in [6.07, 6.45) is 3.89. The van der Waals surface area contributed by atoms with Gasteiger partial charge in [0.05, 0.1) is 12.6 Å². The average Bonchev–Trinajstić information content (AvgIpc) is 2.66. The zero-order chi connectivity index (χ0) is 17.9. The van der Waals surface area contributed by atoms with Gasteiger partial charge in [-0.05, 0) is 25.0 Å². The van der Waals surface area contributed by atoms with Gasteiger partial charge in [-0.15, -0.1) is 0 Å². The highest BCUT2D eigenvalue weighted by Crippen LogP contribution is 2.15. The van der Waals surface area contributed by atoms with Gasteiger partial charge in [-0.25, -0.2) is 4.98 Å². The second-order valence-electron chi connectivity index (χ2n) is 5.87. The Bertz CT molecular complexity index is 658. The van der Waals surface area contributed by atoms with Crippen LogP contribution >= 0.6 is 0 Å². The summed E-state index contributed by atoms with van der Waals surface area (Å²) in [6.45, 7) is 5.56. The first-order chi connectivity index (χ1) is 12.2. The van der Waals surface area contributed by atoms with E-state index in [4.69, 9.17) is 4.74 Å². The molecule has 25 heavy (non-hydrogen) atoms. The highest BCUT2D eigenvalue weighted by molar-refractivity contribution is 5.80. The number of benzene rings is 1. The van der Waals surface area contributed by atoms with E-state index in [-0.39, 0.29) is 6.04 Å². The quantitative estimate of drug-likeness (QED) is 0.437. The van der Waals surface area contributed by atoms with E-state index in [0.717, 1.165) is 24.4 Å². The molecule has 1 heterocycles. The summed E-state index contributed by atoms with van der Waals surface area (Å²) in [5, 5.41) is 6.74. The van der Waals surface area contributed by atoms with Crippen molar-refractivity contribution in [2.24, 2.45) is 4.99 Å². The van der Waals surface area contributed by atoms with E-state index in [9.17, 15) is 0 Å². The van der Waals surface area contributed by atoms with Crippen molar-refractivity contribution in [3.8, 4) is 5.88 Å². The van der Waals surface area contributed by atoms with Crippen molar-refractivity contribution in [3.05, 3.63) is 59.8 Å². The standard InChI is InChI=1S/C20H28N4O/c1-4-5-14-25-19-18(12-9-13-22-19)15-23-20(21-3)24-16(2)17-10-7-6-8-11-17/h6-13,16H,4-5,14-15H2,1-3H3,(H2,21,23,24). The Kier molecular flexibility index (Phi) is 7.76. The van der Waals surface area contributed by atoms with Crippen LogP contribution < -0.4 is 15.4 Å². The number of pyridine rings is 1. The number of hydrogen-bond donors (Lipinski definition) is 2. The number of rotatable bonds is 8. The summed E-state index contributed by atoms with van der Waals surface area (Å²) < 4.78 is 5.78. The van der Waals surface area contributed by atoms with Crippen LogP contribution in [0, 0.1) is 0 Å². The molecule has 0 aliphatic carbocycles. The molecule has 0 amide bonds. The molecule has 0 radical (unpaired) electrons. The van der Waals surface area contributed by atoms with Gasteiger partial charge in [0.2, 0.25) is 5.88 Å². The highest BCUT2D eigenvalue weighted by Gasteiger charge is 2.09. The second-order valence-corrected chi connectivity index (χ2v) is 5.87. The Morgan fingerprint density at radius 3 is 2.72 bits per heavy atom. The van der Waals surface area contributed by atoms with Crippen molar-refractivity contribution < 1.29 is 4.74 Å². The molecule has 0 aliphatic rings. The monoisotopic (exact) mass is 340 g/mol. The molecule has 5 nitrogen and oxygen atoms in total. The van der Waals surface area contributed by atoms with E-state index in [1.165, 1.54) is 5.56 Å². The molecule has 2 aromatic rings. The normalized spacial score (nSPS) is 12.5. The van der Waals surface area contributed by atoms with Crippen LogP contribution in [0.15, 0.2) is 53.7 Å². The first-order valence-electron chi connectivity index (χ1n) is 8.83. The SMILES string of the molecule is CCCCOc1ncccc1CNC(=NC)NC(C)c1ccccc1. The van der Waals surface area contributed by atoms with Crippen molar-refractivity contribution in [1.82, 2.24) is 15.6 Å². The third kappa shape index (κ3) is 6.10. The molecule has 134 valence electrons. The number of unbranched alkanes of at least 4 members (excludes halogenated alkanes) is 1. The summed E-state index contributed by atoms with van der Waals surface area (Å²) >= 11 is 0. The largest absolute Gasteiger partial charge is 0.477 e.